The second-order valence-corrected chi connectivity index (χ2v) is 8.96. The zero-order chi connectivity index (χ0) is 15.7. The van der Waals surface area contributed by atoms with Crippen molar-refractivity contribution in [2.45, 2.75) is 45.9 Å². The van der Waals surface area contributed by atoms with Crippen LogP contribution < -0.4 is 5.73 Å². The molecule has 0 aliphatic rings. The number of carbonyl (C=O) groups is 2. The average molecular weight is 314 g/mol. The second-order valence-electron chi connectivity index (χ2n) is 6.74. The third-order valence-electron chi connectivity index (χ3n) is 2.68. The van der Waals surface area contributed by atoms with Crippen molar-refractivity contribution in [3.05, 3.63) is 4.88 Å². The maximum Gasteiger partial charge on any atom is 0.181 e. The SMILES string of the molecule is CC(C)(C)C(=O)CSc1nc(N)c(C(=O)C(C)(C)C)s1. The van der Waals surface area contributed by atoms with Crippen molar-refractivity contribution in [2.24, 2.45) is 10.8 Å². The monoisotopic (exact) mass is 314 g/mol. The largest absolute Gasteiger partial charge is 0.382 e. The van der Waals surface area contributed by atoms with E-state index < -0.39 is 5.41 Å². The second kappa shape index (κ2) is 5.85. The maximum atomic E-state index is 12.2. The molecular formula is C14H22N2O2S2. The summed E-state index contributed by atoms with van der Waals surface area (Å²) >= 11 is 2.62. The van der Waals surface area contributed by atoms with Crippen molar-refractivity contribution in [1.29, 1.82) is 0 Å². The van der Waals surface area contributed by atoms with Crippen LogP contribution in [0.1, 0.15) is 51.2 Å². The minimum atomic E-state index is -0.482. The Bertz CT molecular complexity index is 522. The number of nitrogen functional groups attached to an aromatic ring is 1. The first kappa shape index (κ1) is 17.2. The third-order valence-corrected chi connectivity index (χ3v) is 4.90. The first-order valence-electron chi connectivity index (χ1n) is 6.40. The van der Waals surface area contributed by atoms with E-state index in [2.05, 4.69) is 4.98 Å². The first-order chi connectivity index (χ1) is 8.93. The number of carbonyl (C=O) groups excluding carboxylic acids is 2. The first-order valence-corrected chi connectivity index (χ1v) is 8.20. The predicted molar refractivity (Wildman–Crippen MR) is 85.5 cm³/mol. The number of rotatable bonds is 4. The molecule has 1 aromatic heterocycles. The summed E-state index contributed by atoms with van der Waals surface area (Å²) in [6.07, 6.45) is 0. The molecule has 0 spiro atoms. The highest BCUT2D eigenvalue weighted by Gasteiger charge is 2.28. The molecule has 0 radical (unpaired) electrons. The number of nitrogens with two attached hydrogens (primary N) is 1. The maximum absolute atomic E-state index is 12.2. The minimum Gasteiger partial charge on any atom is -0.382 e. The molecule has 0 fully saturated rings. The number of Topliss-reactive ketones (excluding diaryl/α,β-unsaturated/α-hetero) is 2. The molecule has 4 nitrogen and oxygen atoms in total. The fourth-order valence-electron chi connectivity index (χ4n) is 1.22. The molecule has 0 unspecified atom stereocenters. The van der Waals surface area contributed by atoms with Crippen LogP contribution in [-0.2, 0) is 4.79 Å². The van der Waals surface area contributed by atoms with Crippen molar-refractivity contribution >= 4 is 40.5 Å². The van der Waals surface area contributed by atoms with E-state index in [9.17, 15) is 9.59 Å². The van der Waals surface area contributed by atoms with Crippen LogP contribution in [0.4, 0.5) is 5.82 Å². The summed E-state index contributed by atoms with van der Waals surface area (Å²) in [6.45, 7) is 11.2. The lowest BCUT2D eigenvalue weighted by atomic mass is 9.90. The molecule has 1 aromatic rings. The molecule has 0 atom stereocenters. The highest BCUT2D eigenvalue weighted by molar-refractivity contribution is 8.01. The molecule has 0 saturated heterocycles. The van der Waals surface area contributed by atoms with Crippen LogP contribution in [0.25, 0.3) is 0 Å². The lowest BCUT2D eigenvalue weighted by molar-refractivity contribution is -0.123. The number of anilines is 1. The van der Waals surface area contributed by atoms with E-state index in [1.54, 1.807) is 0 Å². The molecule has 0 bridgehead atoms. The Morgan fingerprint density at radius 1 is 1.15 bits per heavy atom. The van der Waals surface area contributed by atoms with Gasteiger partial charge in [0.1, 0.15) is 16.5 Å². The van der Waals surface area contributed by atoms with E-state index in [1.165, 1.54) is 23.1 Å². The van der Waals surface area contributed by atoms with Gasteiger partial charge in [-0.1, -0.05) is 53.3 Å². The van der Waals surface area contributed by atoms with E-state index in [0.29, 0.717) is 15.0 Å². The third kappa shape index (κ3) is 4.31. The Morgan fingerprint density at radius 2 is 1.70 bits per heavy atom. The number of hydrogen-bond donors (Lipinski definition) is 1. The van der Waals surface area contributed by atoms with Crippen LogP contribution in [0, 0.1) is 10.8 Å². The van der Waals surface area contributed by atoms with Gasteiger partial charge in [0.25, 0.3) is 0 Å². The summed E-state index contributed by atoms with van der Waals surface area (Å²) in [7, 11) is 0. The molecule has 20 heavy (non-hydrogen) atoms. The Balaban J connectivity index is 2.82. The quantitative estimate of drug-likeness (QED) is 0.678. The molecule has 0 aromatic carbocycles. The molecule has 112 valence electrons. The minimum absolute atomic E-state index is 0.0125. The van der Waals surface area contributed by atoms with E-state index in [-0.39, 0.29) is 22.8 Å². The molecule has 0 aliphatic carbocycles. The van der Waals surface area contributed by atoms with Crippen molar-refractivity contribution in [1.82, 2.24) is 4.98 Å². The van der Waals surface area contributed by atoms with Crippen LogP contribution in [0.3, 0.4) is 0 Å². The summed E-state index contributed by atoms with van der Waals surface area (Å²) in [6, 6.07) is 0. The summed E-state index contributed by atoms with van der Waals surface area (Å²) in [5, 5.41) is 0. The lowest BCUT2D eigenvalue weighted by Gasteiger charge is -2.15. The summed E-state index contributed by atoms with van der Waals surface area (Å²) in [4.78, 5) is 28.8. The lowest BCUT2D eigenvalue weighted by Crippen LogP contribution is -2.21. The molecule has 1 heterocycles. The van der Waals surface area contributed by atoms with Gasteiger partial charge in [0, 0.05) is 10.8 Å². The van der Waals surface area contributed by atoms with Crippen LogP contribution in [-0.4, -0.2) is 22.3 Å². The number of thioether (sulfide) groups is 1. The molecule has 6 heteroatoms. The molecule has 0 aliphatic heterocycles. The van der Waals surface area contributed by atoms with Crippen molar-refractivity contribution < 1.29 is 9.59 Å². The standard InChI is InChI=1S/C14H22N2O2S2/c1-13(2,3)8(17)7-19-12-16-11(15)9(20-12)10(18)14(4,5)6/h7,15H2,1-6H3. The van der Waals surface area contributed by atoms with Gasteiger partial charge in [-0.15, -0.1) is 11.3 Å². The summed E-state index contributed by atoms with van der Waals surface area (Å²) < 4.78 is 0.674. The van der Waals surface area contributed by atoms with Gasteiger partial charge in [-0.3, -0.25) is 9.59 Å². The molecule has 2 N–H and O–H groups in total. The number of ketones is 2. The van der Waals surface area contributed by atoms with Gasteiger partial charge in [0.2, 0.25) is 0 Å². The van der Waals surface area contributed by atoms with E-state index in [1.807, 2.05) is 41.5 Å². The number of aromatic nitrogens is 1. The van der Waals surface area contributed by atoms with Crippen LogP contribution in [0.2, 0.25) is 0 Å². The fraction of sp³-hybridized carbons (Fsp3) is 0.643. The van der Waals surface area contributed by atoms with E-state index in [4.69, 9.17) is 5.73 Å². The number of thiazole rings is 1. The van der Waals surface area contributed by atoms with Gasteiger partial charge >= 0.3 is 0 Å². The Labute approximate surface area is 128 Å². The smallest absolute Gasteiger partial charge is 0.181 e. The average Bonchev–Trinajstić information content (AvgIpc) is 2.63. The Morgan fingerprint density at radius 3 is 2.15 bits per heavy atom. The number of hydrogen-bond acceptors (Lipinski definition) is 6. The van der Waals surface area contributed by atoms with Crippen LogP contribution >= 0.6 is 23.1 Å². The van der Waals surface area contributed by atoms with Crippen LogP contribution in [0.15, 0.2) is 4.34 Å². The van der Waals surface area contributed by atoms with Gasteiger partial charge in [-0.2, -0.15) is 0 Å². The van der Waals surface area contributed by atoms with Gasteiger partial charge in [0.15, 0.2) is 10.1 Å². The predicted octanol–water partition coefficient (Wildman–Crippen LogP) is 3.66. The molecular weight excluding hydrogens is 292 g/mol. The van der Waals surface area contributed by atoms with Gasteiger partial charge in [0.05, 0.1) is 5.75 Å². The van der Waals surface area contributed by atoms with Crippen molar-refractivity contribution in [3.63, 3.8) is 0 Å². The highest BCUT2D eigenvalue weighted by Crippen LogP contribution is 2.34. The molecule has 0 saturated carbocycles. The Hall–Kier alpha value is -0.880. The van der Waals surface area contributed by atoms with Crippen molar-refractivity contribution in [3.8, 4) is 0 Å². The Kier molecular flexibility index (Phi) is 5.03. The number of nitrogens with zero attached hydrogens (tertiary/aromatic N) is 1. The van der Waals surface area contributed by atoms with E-state index in [0.717, 1.165) is 0 Å². The molecule has 1 rings (SSSR count). The normalized spacial score (nSPS) is 12.5. The van der Waals surface area contributed by atoms with Gasteiger partial charge in [-0.05, 0) is 0 Å². The fourth-order valence-corrected chi connectivity index (χ4v) is 3.60. The van der Waals surface area contributed by atoms with Crippen molar-refractivity contribution in [2.75, 3.05) is 11.5 Å². The van der Waals surface area contributed by atoms with Gasteiger partial charge < -0.3 is 5.73 Å². The summed E-state index contributed by atoms with van der Waals surface area (Å²) in [5.74, 6) is 0.752. The van der Waals surface area contributed by atoms with Gasteiger partial charge in [-0.25, -0.2) is 4.98 Å². The highest BCUT2D eigenvalue weighted by atomic mass is 32.2. The molecule has 0 amide bonds. The zero-order valence-corrected chi connectivity index (χ0v) is 14.5. The zero-order valence-electron chi connectivity index (χ0n) is 12.9. The van der Waals surface area contributed by atoms with E-state index >= 15 is 0 Å². The van der Waals surface area contributed by atoms with Crippen LogP contribution in [0.5, 0.6) is 0 Å². The topological polar surface area (TPSA) is 73.1 Å². The summed E-state index contributed by atoms with van der Waals surface area (Å²) in [5.41, 5.74) is 4.97.